The quantitative estimate of drug-likeness (QED) is 0.518. The molecule has 0 N–H and O–H groups in total. The number of halogens is 1. The zero-order valence-corrected chi connectivity index (χ0v) is 6.78. The first-order valence-electron chi connectivity index (χ1n) is 3.19. The van der Waals surface area contributed by atoms with E-state index in [1.807, 2.05) is 0 Å². The standard InChI is InChI=1S/C7H5ClN2O2/c8-7-5(2-1-3-9-7)4-6(11)10-12/h1-3H,4H2. The van der Waals surface area contributed by atoms with Crippen molar-refractivity contribution in [2.75, 3.05) is 0 Å². The van der Waals surface area contributed by atoms with Gasteiger partial charge in [0, 0.05) is 11.4 Å². The van der Waals surface area contributed by atoms with Gasteiger partial charge in [0.2, 0.25) is 0 Å². The number of carbonyl (C=O) groups is 1. The summed E-state index contributed by atoms with van der Waals surface area (Å²) in [6.07, 6.45) is 1.42. The summed E-state index contributed by atoms with van der Waals surface area (Å²) in [7, 11) is 0. The fourth-order valence-electron chi connectivity index (χ4n) is 0.746. The largest absolute Gasteiger partial charge is 0.290 e. The van der Waals surface area contributed by atoms with Crippen molar-refractivity contribution in [2.24, 2.45) is 5.18 Å². The van der Waals surface area contributed by atoms with Crippen LogP contribution in [-0.4, -0.2) is 10.9 Å². The molecule has 1 rings (SSSR count). The fraction of sp³-hybridized carbons (Fsp3) is 0.143. The highest BCUT2D eigenvalue weighted by Gasteiger charge is 2.06. The lowest BCUT2D eigenvalue weighted by Gasteiger charge is -1.96. The molecule has 0 spiro atoms. The Morgan fingerprint density at radius 3 is 3.00 bits per heavy atom. The molecular formula is C7H5ClN2O2. The third-order valence-corrected chi connectivity index (χ3v) is 1.62. The lowest BCUT2D eigenvalue weighted by atomic mass is 10.2. The zero-order chi connectivity index (χ0) is 8.97. The SMILES string of the molecule is O=NC(=O)Cc1cccnc1Cl. The van der Waals surface area contributed by atoms with Gasteiger partial charge in [-0.3, -0.25) is 4.79 Å². The molecule has 4 nitrogen and oxygen atoms in total. The molecular weight excluding hydrogens is 180 g/mol. The van der Waals surface area contributed by atoms with Crippen LogP contribution in [0.5, 0.6) is 0 Å². The number of hydrogen-bond acceptors (Lipinski definition) is 3. The third-order valence-electron chi connectivity index (χ3n) is 1.28. The van der Waals surface area contributed by atoms with Crippen LogP contribution < -0.4 is 0 Å². The van der Waals surface area contributed by atoms with Gasteiger partial charge in [-0.1, -0.05) is 17.7 Å². The van der Waals surface area contributed by atoms with Crippen LogP contribution >= 0.6 is 11.6 Å². The summed E-state index contributed by atoms with van der Waals surface area (Å²) in [5.41, 5.74) is 0.517. The molecule has 1 amide bonds. The van der Waals surface area contributed by atoms with E-state index in [-0.39, 0.29) is 11.6 Å². The van der Waals surface area contributed by atoms with Crippen LogP contribution in [0.1, 0.15) is 5.56 Å². The molecule has 0 radical (unpaired) electrons. The smallest absolute Gasteiger partial charge is 0.269 e. The molecule has 1 aromatic heterocycles. The van der Waals surface area contributed by atoms with Crippen molar-refractivity contribution < 1.29 is 4.79 Å². The van der Waals surface area contributed by atoms with Gasteiger partial charge in [-0.2, -0.15) is 0 Å². The van der Waals surface area contributed by atoms with E-state index in [1.165, 1.54) is 6.20 Å². The second-order valence-corrected chi connectivity index (χ2v) is 2.47. The van der Waals surface area contributed by atoms with E-state index >= 15 is 0 Å². The van der Waals surface area contributed by atoms with Crippen LogP contribution in [0, 0.1) is 4.91 Å². The summed E-state index contributed by atoms with van der Waals surface area (Å²) in [6, 6.07) is 3.26. The second-order valence-electron chi connectivity index (χ2n) is 2.12. The van der Waals surface area contributed by atoms with E-state index in [0.29, 0.717) is 5.56 Å². The predicted molar refractivity (Wildman–Crippen MR) is 43.8 cm³/mol. The van der Waals surface area contributed by atoms with E-state index in [1.54, 1.807) is 12.1 Å². The zero-order valence-electron chi connectivity index (χ0n) is 6.03. The highest BCUT2D eigenvalue weighted by molar-refractivity contribution is 6.30. The van der Waals surface area contributed by atoms with Crippen molar-refractivity contribution in [1.82, 2.24) is 4.98 Å². The molecule has 0 aliphatic carbocycles. The molecule has 0 bridgehead atoms. The molecule has 0 aliphatic rings. The predicted octanol–water partition coefficient (Wildman–Crippen LogP) is 1.57. The van der Waals surface area contributed by atoms with Gasteiger partial charge in [0.25, 0.3) is 5.91 Å². The average Bonchev–Trinajstić information content (AvgIpc) is 2.09. The Balaban J connectivity index is 2.82. The Morgan fingerprint density at radius 2 is 2.42 bits per heavy atom. The van der Waals surface area contributed by atoms with Gasteiger partial charge in [-0.05, 0) is 11.6 Å². The van der Waals surface area contributed by atoms with Gasteiger partial charge >= 0.3 is 0 Å². The third kappa shape index (κ3) is 2.10. The van der Waals surface area contributed by atoms with Crippen LogP contribution in [0.2, 0.25) is 5.15 Å². The number of rotatable bonds is 2. The number of nitrogens with zero attached hydrogens (tertiary/aromatic N) is 2. The maximum atomic E-state index is 10.6. The van der Waals surface area contributed by atoms with Crippen LogP contribution in [0.3, 0.4) is 0 Å². The van der Waals surface area contributed by atoms with Crippen LogP contribution in [0.25, 0.3) is 0 Å². The number of hydrogen-bond donors (Lipinski definition) is 0. The van der Waals surface area contributed by atoms with Crippen molar-refractivity contribution >= 4 is 17.5 Å². The molecule has 0 unspecified atom stereocenters. The van der Waals surface area contributed by atoms with E-state index in [2.05, 4.69) is 10.2 Å². The normalized spacial score (nSPS) is 9.42. The summed E-state index contributed by atoms with van der Waals surface area (Å²) in [4.78, 5) is 24.1. The first-order chi connectivity index (χ1) is 5.74. The van der Waals surface area contributed by atoms with Gasteiger partial charge in [0.15, 0.2) is 0 Å². The van der Waals surface area contributed by atoms with Gasteiger partial charge in [0.1, 0.15) is 5.15 Å². The van der Waals surface area contributed by atoms with Crippen LogP contribution in [0.4, 0.5) is 0 Å². The molecule has 1 heterocycles. The number of amides is 1. The summed E-state index contributed by atoms with van der Waals surface area (Å²) < 4.78 is 0. The fourth-order valence-corrected chi connectivity index (χ4v) is 0.933. The number of carbonyl (C=O) groups excluding carboxylic acids is 1. The molecule has 62 valence electrons. The Kier molecular flexibility index (Phi) is 2.88. The minimum absolute atomic E-state index is 0.0871. The summed E-state index contributed by atoms with van der Waals surface area (Å²) in [5.74, 6) is -0.745. The maximum Gasteiger partial charge on any atom is 0.290 e. The second kappa shape index (κ2) is 3.92. The molecule has 0 aromatic carbocycles. The van der Waals surface area contributed by atoms with Crippen LogP contribution in [-0.2, 0) is 11.2 Å². The average molecular weight is 185 g/mol. The molecule has 0 atom stereocenters. The summed E-state index contributed by atoms with van der Waals surface area (Å²) in [5, 5.41) is 2.48. The first-order valence-corrected chi connectivity index (χ1v) is 3.57. The van der Waals surface area contributed by atoms with E-state index < -0.39 is 5.91 Å². The molecule has 0 saturated carbocycles. The molecule has 0 aliphatic heterocycles. The Labute approximate surface area is 73.5 Å². The monoisotopic (exact) mass is 184 g/mol. The Bertz CT molecular complexity index is 314. The minimum atomic E-state index is -0.745. The molecule has 5 heteroatoms. The first kappa shape index (κ1) is 8.80. The summed E-state index contributed by atoms with van der Waals surface area (Å²) >= 11 is 5.62. The molecule has 1 aromatic rings. The van der Waals surface area contributed by atoms with Gasteiger partial charge in [-0.15, -0.1) is 4.91 Å². The Hall–Kier alpha value is -1.29. The lowest BCUT2D eigenvalue weighted by molar-refractivity contribution is -0.117. The van der Waals surface area contributed by atoms with Gasteiger partial charge in [0.05, 0.1) is 6.42 Å². The molecule has 0 fully saturated rings. The maximum absolute atomic E-state index is 10.6. The highest BCUT2D eigenvalue weighted by atomic mass is 35.5. The number of pyridine rings is 1. The van der Waals surface area contributed by atoms with E-state index in [9.17, 15) is 9.70 Å². The number of nitroso groups, excluding NO2 is 1. The van der Waals surface area contributed by atoms with E-state index in [4.69, 9.17) is 11.6 Å². The topological polar surface area (TPSA) is 59.4 Å². The summed E-state index contributed by atoms with van der Waals surface area (Å²) in [6.45, 7) is 0. The van der Waals surface area contributed by atoms with Gasteiger partial charge in [-0.25, -0.2) is 4.98 Å². The van der Waals surface area contributed by atoms with Crippen molar-refractivity contribution in [3.05, 3.63) is 34.0 Å². The number of aromatic nitrogens is 1. The van der Waals surface area contributed by atoms with E-state index in [0.717, 1.165) is 0 Å². The van der Waals surface area contributed by atoms with Crippen molar-refractivity contribution in [3.8, 4) is 0 Å². The van der Waals surface area contributed by atoms with Crippen molar-refractivity contribution in [1.29, 1.82) is 0 Å². The van der Waals surface area contributed by atoms with Crippen LogP contribution in [0.15, 0.2) is 23.5 Å². The van der Waals surface area contributed by atoms with Crippen molar-refractivity contribution in [2.45, 2.75) is 6.42 Å². The highest BCUT2D eigenvalue weighted by Crippen LogP contribution is 2.12. The van der Waals surface area contributed by atoms with Gasteiger partial charge < -0.3 is 0 Å². The van der Waals surface area contributed by atoms with Crippen molar-refractivity contribution in [3.63, 3.8) is 0 Å². The minimum Gasteiger partial charge on any atom is -0.269 e. The molecule has 0 saturated heterocycles. The molecule has 12 heavy (non-hydrogen) atoms. The lowest BCUT2D eigenvalue weighted by Crippen LogP contribution is -1.98. The Morgan fingerprint density at radius 1 is 1.67 bits per heavy atom.